The molecule has 0 radical (unpaired) electrons. The average Bonchev–Trinajstić information content (AvgIpc) is 2.85. The lowest BCUT2D eigenvalue weighted by Crippen LogP contribution is -2.63. The quantitative estimate of drug-likeness (QED) is 0.503. The molecule has 0 aromatic rings. The third kappa shape index (κ3) is 2.74. The number of nitrogens with zero attached hydrogens (tertiary/aromatic N) is 2. The van der Waals surface area contributed by atoms with Crippen molar-refractivity contribution in [2.24, 2.45) is 5.92 Å². The lowest BCUT2D eigenvalue weighted by molar-refractivity contribution is -0.922. The first-order valence-electron chi connectivity index (χ1n) is 8.11. The highest BCUT2D eigenvalue weighted by atomic mass is 32.2. The van der Waals surface area contributed by atoms with Gasteiger partial charge in [0.25, 0.3) is 0 Å². The van der Waals surface area contributed by atoms with Crippen LogP contribution in [-0.2, 0) is 9.59 Å². The Morgan fingerprint density at radius 3 is 2.32 bits per heavy atom. The van der Waals surface area contributed by atoms with Crippen LogP contribution < -0.4 is 0 Å². The van der Waals surface area contributed by atoms with E-state index in [4.69, 9.17) is 5.11 Å². The molecule has 2 aliphatic rings. The fourth-order valence-corrected chi connectivity index (χ4v) is 5.67. The van der Waals surface area contributed by atoms with Gasteiger partial charge in [0.15, 0.2) is 0 Å². The van der Waals surface area contributed by atoms with E-state index in [-0.39, 0.29) is 29.1 Å². The van der Waals surface area contributed by atoms with Gasteiger partial charge in [0, 0.05) is 6.61 Å². The first-order valence-corrected chi connectivity index (χ1v) is 9.05. The van der Waals surface area contributed by atoms with E-state index in [1.54, 1.807) is 11.8 Å². The van der Waals surface area contributed by atoms with Gasteiger partial charge in [-0.2, -0.15) is 0 Å². The number of β-lactam (4-membered cyclic amide) rings is 1. The zero-order valence-corrected chi connectivity index (χ0v) is 14.4. The highest BCUT2D eigenvalue weighted by molar-refractivity contribution is 8.01. The van der Waals surface area contributed by atoms with Crippen molar-refractivity contribution in [1.82, 2.24) is 4.90 Å². The van der Waals surface area contributed by atoms with Crippen molar-refractivity contribution in [3.63, 3.8) is 0 Å². The third-order valence-corrected chi connectivity index (χ3v) is 7.02. The zero-order chi connectivity index (χ0) is 16.5. The molecule has 0 bridgehead atoms. The summed E-state index contributed by atoms with van der Waals surface area (Å²) in [5, 5.41) is 18.5. The van der Waals surface area contributed by atoms with Crippen LogP contribution in [0.3, 0.4) is 0 Å². The molecule has 2 saturated heterocycles. The number of quaternary nitrogens is 1. The van der Waals surface area contributed by atoms with Gasteiger partial charge < -0.3 is 19.6 Å². The van der Waals surface area contributed by atoms with E-state index in [1.165, 1.54) is 4.90 Å². The fraction of sp³-hybridized carbons (Fsp3) is 0.867. The minimum atomic E-state index is -0.905. The molecule has 2 N–H and O–H groups in total. The van der Waals surface area contributed by atoms with Crippen LogP contribution in [0.5, 0.6) is 0 Å². The fourth-order valence-electron chi connectivity index (χ4n) is 3.70. The summed E-state index contributed by atoms with van der Waals surface area (Å²) in [6.07, 6.45) is 0.432. The predicted molar refractivity (Wildman–Crippen MR) is 85.4 cm³/mol. The molecule has 0 aromatic carbocycles. The Balaban J connectivity index is 2.18. The van der Waals surface area contributed by atoms with Crippen molar-refractivity contribution in [2.45, 2.75) is 43.9 Å². The van der Waals surface area contributed by atoms with Crippen LogP contribution in [0, 0.1) is 5.92 Å². The maximum Gasteiger partial charge on any atom is 0.327 e. The summed E-state index contributed by atoms with van der Waals surface area (Å²) in [4.78, 5) is 25.4. The van der Waals surface area contributed by atoms with Crippen LogP contribution in [0.1, 0.15) is 27.2 Å². The number of aliphatic hydroxyl groups excluding tert-OH is 1. The highest BCUT2D eigenvalue weighted by Crippen LogP contribution is 2.49. The number of hydrogen-bond acceptors (Lipinski definition) is 4. The van der Waals surface area contributed by atoms with E-state index in [1.807, 2.05) is 0 Å². The molecular weight excluding hydrogens is 304 g/mol. The summed E-state index contributed by atoms with van der Waals surface area (Å²) in [5.41, 5.74) is 0. The van der Waals surface area contributed by atoms with Crippen molar-refractivity contribution in [3.8, 4) is 0 Å². The first-order chi connectivity index (χ1) is 10.4. The lowest BCUT2D eigenvalue weighted by atomic mass is 9.92. The Morgan fingerprint density at radius 1 is 1.27 bits per heavy atom. The van der Waals surface area contributed by atoms with Crippen molar-refractivity contribution < 1.29 is 24.3 Å². The monoisotopic (exact) mass is 331 g/mol. The molecule has 2 heterocycles. The second-order valence-corrected chi connectivity index (χ2v) is 7.55. The summed E-state index contributed by atoms with van der Waals surface area (Å²) >= 11 is 1.62. The van der Waals surface area contributed by atoms with Crippen LogP contribution >= 0.6 is 11.8 Å². The Kier molecular flexibility index (Phi) is 5.40. The Bertz CT molecular complexity index is 433. The topological polar surface area (TPSA) is 77.8 Å². The van der Waals surface area contributed by atoms with Crippen molar-refractivity contribution in [3.05, 3.63) is 0 Å². The van der Waals surface area contributed by atoms with Gasteiger partial charge in [-0.1, -0.05) is 0 Å². The smallest absolute Gasteiger partial charge is 0.327 e. The predicted octanol–water partition coefficient (Wildman–Crippen LogP) is 0.598. The van der Waals surface area contributed by atoms with Gasteiger partial charge in [-0.25, -0.2) is 4.79 Å². The van der Waals surface area contributed by atoms with Crippen LogP contribution in [-0.4, -0.2) is 80.9 Å². The van der Waals surface area contributed by atoms with Crippen molar-refractivity contribution in [1.29, 1.82) is 0 Å². The maximum absolute atomic E-state index is 12.2. The Labute approximate surface area is 136 Å². The van der Waals surface area contributed by atoms with E-state index >= 15 is 0 Å². The molecule has 0 aliphatic carbocycles. The van der Waals surface area contributed by atoms with Gasteiger partial charge in [0.2, 0.25) is 5.91 Å². The molecule has 2 aliphatic heterocycles. The molecule has 6 nitrogen and oxygen atoms in total. The number of rotatable bonds is 8. The lowest BCUT2D eigenvalue weighted by Gasteiger charge is -2.43. The number of carbonyl (C=O) groups is 2. The van der Waals surface area contributed by atoms with Gasteiger partial charge in [0.1, 0.15) is 6.04 Å². The van der Waals surface area contributed by atoms with Crippen LogP contribution in [0.25, 0.3) is 0 Å². The molecule has 0 saturated carbocycles. The number of hydrogen-bond donors (Lipinski definition) is 2. The number of fused-ring (bicyclic) bond motifs is 1. The minimum absolute atomic E-state index is 0.0252. The molecule has 0 spiro atoms. The number of thioether (sulfide) groups is 1. The van der Waals surface area contributed by atoms with Crippen LogP contribution in [0.2, 0.25) is 0 Å². The van der Waals surface area contributed by atoms with Crippen molar-refractivity contribution in [2.75, 3.05) is 32.8 Å². The molecule has 7 heteroatoms. The number of carbonyl (C=O) groups excluding carboxylic acids is 1. The van der Waals surface area contributed by atoms with Gasteiger partial charge in [-0.15, -0.1) is 11.8 Å². The third-order valence-electron chi connectivity index (χ3n) is 5.43. The molecule has 0 aromatic heterocycles. The van der Waals surface area contributed by atoms with E-state index in [0.29, 0.717) is 6.42 Å². The Hall–Kier alpha value is -0.790. The van der Waals surface area contributed by atoms with Gasteiger partial charge in [0.05, 0.1) is 42.7 Å². The maximum atomic E-state index is 12.2. The molecule has 2 fully saturated rings. The zero-order valence-electron chi connectivity index (χ0n) is 13.6. The SMILES string of the molecule is CC[N+](CC)(CC)CC1SC2[C@@H](CCO)C(=O)N2C1C(=O)O. The van der Waals surface area contributed by atoms with Gasteiger partial charge >= 0.3 is 5.97 Å². The minimum Gasteiger partial charge on any atom is -0.480 e. The van der Waals surface area contributed by atoms with Crippen molar-refractivity contribution >= 4 is 23.6 Å². The highest BCUT2D eigenvalue weighted by Gasteiger charge is 2.61. The number of carboxylic acid groups (broad SMARTS) is 1. The molecule has 2 rings (SSSR count). The van der Waals surface area contributed by atoms with E-state index in [2.05, 4.69) is 20.8 Å². The summed E-state index contributed by atoms with van der Waals surface area (Å²) in [5.74, 6) is -1.23. The summed E-state index contributed by atoms with van der Waals surface area (Å²) in [7, 11) is 0. The molecule has 126 valence electrons. The number of carboxylic acids is 1. The molecule has 4 atom stereocenters. The number of aliphatic carboxylic acids is 1. The average molecular weight is 331 g/mol. The molecule has 22 heavy (non-hydrogen) atoms. The van der Waals surface area contributed by atoms with Crippen LogP contribution in [0.15, 0.2) is 0 Å². The molecule has 3 unspecified atom stereocenters. The molecular formula is C15H27N2O4S+. The largest absolute Gasteiger partial charge is 0.480 e. The van der Waals surface area contributed by atoms with Gasteiger partial charge in [-0.3, -0.25) is 4.79 Å². The Morgan fingerprint density at radius 2 is 1.86 bits per heavy atom. The van der Waals surface area contributed by atoms with E-state index in [0.717, 1.165) is 30.7 Å². The summed E-state index contributed by atoms with van der Waals surface area (Å²) in [6, 6.07) is -0.723. The standard InChI is InChI=1S/C15H26N2O4S/c1-4-17(5-2,6-3)9-11-12(15(20)21)16-13(19)10(7-8-18)14(16)22-11/h10-12,14,18H,4-9H2,1-3H3/p+1/t10-,11?,12?,14?/m0/s1. The number of aliphatic hydroxyl groups is 1. The summed E-state index contributed by atoms with van der Waals surface area (Å²) in [6.45, 7) is 10.1. The first kappa shape index (κ1) is 17.6. The van der Waals surface area contributed by atoms with Crippen LogP contribution in [0.4, 0.5) is 0 Å². The normalized spacial score (nSPS) is 31.1. The second-order valence-electron chi connectivity index (χ2n) is 6.19. The van der Waals surface area contributed by atoms with E-state index in [9.17, 15) is 14.7 Å². The summed E-state index contributed by atoms with van der Waals surface area (Å²) < 4.78 is 0.876. The van der Waals surface area contributed by atoms with Gasteiger partial charge in [-0.05, 0) is 27.2 Å². The molecule has 1 amide bonds. The second kappa shape index (κ2) is 6.76. The number of amides is 1. The van der Waals surface area contributed by atoms with E-state index < -0.39 is 12.0 Å².